The van der Waals surface area contributed by atoms with Crippen molar-refractivity contribution in [2.45, 2.75) is 12.5 Å². The predicted octanol–water partition coefficient (Wildman–Crippen LogP) is 0.569. The molecule has 0 radical (unpaired) electrons. The molecule has 1 saturated heterocycles. The van der Waals surface area contributed by atoms with Crippen molar-refractivity contribution < 1.29 is 4.79 Å². The van der Waals surface area contributed by atoms with E-state index in [0.29, 0.717) is 5.69 Å². The van der Waals surface area contributed by atoms with E-state index in [-0.39, 0.29) is 11.9 Å². The van der Waals surface area contributed by atoms with Crippen molar-refractivity contribution in [3.05, 3.63) is 24.3 Å². The third-order valence-corrected chi connectivity index (χ3v) is 2.32. The van der Waals surface area contributed by atoms with Gasteiger partial charge in [0.05, 0.1) is 6.04 Å². The molecule has 74 valence electrons. The second-order valence-corrected chi connectivity index (χ2v) is 3.41. The minimum absolute atomic E-state index is 0.0208. The van der Waals surface area contributed by atoms with Crippen LogP contribution in [0.25, 0.3) is 0 Å². The number of nitrogens with one attached hydrogen (secondary N) is 2. The Bertz CT molecular complexity index is 330. The summed E-state index contributed by atoms with van der Waals surface area (Å²) in [6, 6.07) is 7.11. The highest BCUT2D eigenvalue weighted by atomic mass is 16.2. The number of carbonyl (C=O) groups excluding carboxylic acids is 1. The number of benzene rings is 1. The highest BCUT2D eigenvalue weighted by molar-refractivity contribution is 5.95. The third-order valence-electron chi connectivity index (χ3n) is 2.32. The molecule has 2 rings (SSSR count). The number of nitrogens with two attached hydrogens (primary N) is 1. The predicted molar refractivity (Wildman–Crippen MR) is 55.9 cm³/mol. The SMILES string of the molecule is Nc1ccc(NC(=O)[C@H]2CCN2)cc1. The monoisotopic (exact) mass is 191 g/mol. The number of hydrogen-bond acceptors (Lipinski definition) is 3. The van der Waals surface area contributed by atoms with Crippen LogP contribution in [0.1, 0.15) is 6.42 Å². The molecule has 1 heterocycles. The summed E-state index contributed by atoms with van der Waals surface area (Å²) in [5.41, 5.74) is 7.02. The van der Waals surface area contributed by atoms with Crippen LogP contribution in [0.3, 0.4) is 0 Å². The summed E-state index contributed by atoms with van der Waals surface area (Å²) >= 11 is 0. The van der Waals surface area contributed by atoms with Crippen LogP contribution in [-0.4, -0.2) is 18.5 Å². The average Bonchev–Trinajstić information content (AvgIpc) is 2.06. The van der Waals surface area contributed by atoms with E-state index in [9.17, 15) is 4.79 Å². The number of amides is 1. The van der Waals surface area contributed by atoms with Gasteiger partial charge in [0, 0.05) is 11.4 Å². The molecule has 4 heteroatoms. The first-order valence-corrected chi connectivity index (χ1v) is 4.65. The first-order valence-electron chi connectivity index (χ1n) is 4.65. The van der Waals surface area contributed by atoms with Gasteiger partial charge in [-0.25, -0.2) is 0 Å². The summed E-state index contributed by atoms with van der Waals surface area (Å²) in [5, 5.41) is 5.85. The normalized spacial score (nSPS) is 19.9. The second kappa shape index (κ2) is 3.67. The first kappa shape index (κ1) is 9.02. The van der Waals surface area contributed by atoms with Crippen LogP contribution in [0.2, 0.25) is 0 Å². The Hall–Kier alpha value is -1.55. The van der Waals surface area contributed by atoms with Crippen molar-refractivity contribution in [3.63, 3.8) is 0 Å². The number of carbonyl (C=O) groups is 1. The molecule has 1 aromatic carbocycles. The smallest absolute Gasteiger partial charge is 0.241 e. The van der Waals surface area contributed by atoms with Crippen molar-refractivity contribution in [1.29, 1.82) is 0 Å². The molecule has 1 aromatic rings. The maximum absolute atomic E-state index is 11.5. The molecule has 1 aliphatic heterocycles. The summed E-state index contributed by atoms with van der Waals surface area (Å²) in [6.07, 6.45) is 0.917. The molecule has 0 unspecified atom stereocenters. The molecule has 4 nitrogen and oxygen atoms in total. The molecular weight excluding hydrogens is 178 g/mol. The number of hydrogen-bond donors (Lipinski definition) is 3. The van der Waals surface area contributed by atoms with Gasteiger partial charge in [-0.2, -0.15) is 0 Å². The van der Waals surface area contributed by atoms with Crippen LogP contribution in [0, 0.1) is 0 Å². The van der Waals surface area contributed by atoms with E-state index in [2.05, 4.69) is 10.6 Å². The minimum Gasteiger partial charge on any atom is -0.399 e. The van der Waals surface area contributed by atoms with Crippen LogP contribution >= 0.6 is 0 Å². The lowest BCUT2D eigenvalue weighted by atomic mass is 10.1. The number of rotatable bonds is 2. The van der Waals surface area contributed by atoms with Gasteiger partial charge in [-0.1, -0.05) is 0 Å². The van der Waals surface area contributed by atoms with Gasteiger partial charge in [-0.15, -0.1) is 0 Å². The van der Waals surface area contributed by atoms with Gasteiger partial charge < -0.3 is 16.4 Å². The zero-order chi connectivity index (χ0) is 9.97. The quantitative estimate of drug-likeness (QED) is 0.599. The molecule has 0 bridgehead atoms. The molecule has 0 aliphatic carbocycles. The van der Waals surface area contributed by atoms with E-state index in [1.807, 2.05) is 0 Å². The van der Waals surface area contributed by atoms with E-state index in [4.69, 9.17) is 5.73 Å². The molecule has 1 amide bonds. The van der Waals surface area contributed by atoms with Gasteiger partial charge in [-0.05, 0) is 37.2 Å². The lowest BCUT2D eigenvalue weighted by molar-refractivity contribution is -0.119. The van der Waals surface area contributed by atoms with Crippen LogP contribution in [-0.2, 0) is 4.79 Å². The average molecular weight is 191 g/mol. The fraction of sp³-hybridized carbons (Fsp3) is 0.300. The Labute approximate surface area is 82.5 Å². The molecule has 14 heavy (non-hydrogen) atoms. The van der Waals surface area contributed by atoms with E-state index >= 15 is 0 Å². The first-order chi connectivity index (χ1) is 6.75. The van der Waals surface area contributed by atoms with Gasteiger partial charge >= 0.3 is 0 Å². The van der Waals surface area contributed by atoms with E-state index in [0.717, 1.165) is 18.7 Å². The summed E-state index contributed by atoms with van der Waals surface area (Å²) < 4.78 is 0. The Morgan fingerprint density at radius 1 is 1.43 bits per heavy atom. The van der Waals surface area contributed by atoms with Crippen molar-refractivity contribution in [1.82, 2.24) is 5.32 Å². The summed E-state index contributed by atoms with van der Waals surface area (Å²) in [4.78, 5) is 11.5. The van der Waals surface area contributed by atoms with Crippen molar-refractivity contribution in [3.8, 4) is 0 Å². The van der Waals surface area contributed by atoms with Crippen molar-refractivity contribution in [2.24, 2.45) is 0 Å². The molecular formula is C10H13N3O. The van der Waals surface area contributed by atoms with E-state index < -0.39 is 0 Å². The maximum Gasteiger partial charge on any atom is 0.241 e. The van der Waals surface area contributed by atoms with Crippen LogP contribution in [0.5, 0.6) is 0 Å². The van der Waals surface area contributed by atoms with E-state index in [1.54, 1.807) is 24.3 Å². The summed E-state index contributed by atoms with van der Waals surface area (Å²) in [7, 11) is 0. The molecule has 0 spiro atoms. The van der Waals surface area contributed by atoms with Gasteiger partial charge in [0.1, 0.15) is 0 Å². The molecule has 4 N–H and O–H groups in total. The molecule has 1 fully saturated rings. The van der Waals surface area contributed by atoms with Crippen LogP contribution < -0.4 is 16.4 Å². The van der Waals surface area contributed by atoms with Gasteiger partial charge in [0.25, 0.3) is 0 Å². The van der Waals surface area contributed by atoms with E-state index in [1.165, 1.54) is 0 Å². The van der Waals surface area contributed by atoms with Gasteiger partial charge in [-0.3, -0.25) is 4.79 Å². The van der Waals surface area contributed by atoms with Crippen LogP contribution in [0.15, 0.2) is 24.3 Å². The van der Waals surface area contributed by atoms with Gasteiger partial charge in [0.2, 0.25) is 5.91 Å². The lowest BCUT2D eigenvalue weighted by Gasteiger charge is -2.26. The van der Waals surface area contributed by atoms with Crippen molar-refractivity contribution >= 4 is 17.3 Å². The lowest BCUT2D eigenvalue weighted by Crippen LogP contribution is -2.50. The largest absolute Gasteiger partial charge is 0.399 e. The zero-order valence-electron chi connectivity index (χ0n) is 7.79. The molecule has 1 aliphatic rings. The molecule has 0 saturated carbocycles. The van der Waals surface area contributed by atoms with Crippen LogP contribution in [0.4, 0.5) is 11.4 Å². The summed E-state index contributed by atoms with van der Waals surface area (Å²) in [5.74, 6) is 0.0287. The number of anilines is 2. The second-order valence-electron chi connectivity index (χ2n) is 3.41. The zero-order valence-corrected chi connectivity index (χ0v) is 7.79. The Kier molecular flexibility index (Phi) is 2.37. The highest BCUT2D eigenvalue weighted by Gasteiger charge is 2.24. The standard InChI is InChI=1S/C10H13N3O/c11-7-1-3-8(4-2-7)13-10(14)9-5-6-12-9/h1-4,9,12H,5-6,11H2,(H,13,14)/t9-/m1/s1. The Morgan fingerprint density at radius 2 is 2.07 bits per heavy atom. The summed E-state index contributed by atoms with van der Waals surface area (Å²) in [6.45, 7) is 0.930. The Morgan fingerprint density at radius 3 is 2.57 bits per heavy atom. The third kappa shape index (κ3) is 1.85. The molecule has 0 aromatic heterocycles. The highest BCUT2D eigenvalue weighted by Crippen LogP contribution is 2.12. The Balaban J connectivity index is 1.96. The van der Waals surface area contributed by atoms with Gasteiger partial charge in [0.15, 0.2) is 0 Å². The molecule has 1 atom stereocenters. The minimum atomic E-state index is -0.0208. The number of nitrogen functional groups attached to an aromatic ring is 1. The fourth-order valence-corrected chi connectivity index (χ4v) is 1.31. The fourth-order valence-electron chi connectivity index (χ4n) is 1.31. The maximum atomic E-state index is 11.5. The topological polar surface area (TPSA) is 67.1 Å². The van der Waals surface area contributed by atoms with Crippen molar-refractivity contribution in [2.75, 3.05) is 17.6 Å².